The summed E-state index contributed by atoms with van der Waals surface area (Å²) in [6.45, 7) is 2.90. The minimum absolute atomic E-state index is 0.0900. The van der Waals surface area contributed by atoms with E-state index in [0.29, 0.717) is 16.9 Å². The number of aryl methyl sites for hydroxylation is 1. The zero-order valence-electron chi connectivity index (χ0n) is 20.0. The molecule has 0 saturated carbocycles. The Morgan fingerprint density at radius 3 is 2.49 bits per heavy atom. The summed E-state index contributed by atoms with van der Waals surface area (Å²) in [4.78, 5) is 11.3. The summed E-state index contributed by atoms with van der Waals surface area (Å²) in [5, 5.41) is 2.56. The lowest BCUT2D eigenvalue weighted by atomic mass is 9.95. The quantitative estimate of drug-likeness (QED) is 0.362. The molecule has 8 nitrogen and oxygen atoms in total. The van der Waals surface area contributed by atoms with Crippen LogP contribution in [0.4, 0.5) is 18.9 Å². The minimum Gasteiger partial charge on any atom is -0.489 e. The SMILES string of the molecule is COCOc1c(C)ccc(C(Nc2ccc3c(c2)OC[C@H]3OC(C)=O)C(F)(F)F)c1C(OC)OC. The molecule has 192 valence electrons. The van der Waals surface area contributed by atoms with Crippen LogP contribution in [-0.4, -0.2) is 46.9 Å². The number of hydrogen-bond donors (Lipinski definition) is 1. The first kappa shape index (κ1) is 26.6. The van der Waals surface area contributed by atoms with Gasteiger partial charge in [0.05, 0.1) is 5.56 Å². The van der Waals surface area contributed by atoms with Gasteiger partial charge in [-0.15, -0.1) is 0 Å². The number of fused-ring (bicyclic) bond motifs is 1. The van der Waals surface area contributed by atoms with Gasteiger partial charge in [-0.05, 0) is 30.2 Å². The van der Waals surface area contributed by atoms with Crippen LogP contribution >= 0.6 is 0 Å². The smallest absolute Gasteiger partial charge is 0.412 e. The molecule has 35 heavy (non-hydrogen) atoms. The predicted molar refractivity (Wildman–Crippen MR) is 119 cm³/mol. The summed E-state index contributed by atoms with van der Waals surface area (Å²) in [5.41, 5.74) is 1.28. The van der Waals surface area contributed by atoms with E-state index in [4.69, 9.17) is 28.4 Å². The summed E-state index contributed by atoms with van der Waals surface area (Å²) in [5.74, 6) is 0.0349. The third-order valence-corrected chi connectivity index (χ3v) is 5.42. The minimum atomic E-state index is -4.70. The number of carbonyl (C=O) groups excluding carboxylic acids is 1. The fourth-order valence-corrected chi connectivity index (χ4v) is 3.93. The maximum Gasteiger partial charge on any atom is 0.412 e. The van der Waals surface area contributed by atoms with E-state index in [-0.39, 0.29) is 36.0 Å². The van der Waals surface area contributed by atoms with Crippen molar-refractivity contribution in [1.82, 2.24) is 0 Å². The van der Waals surface area contributed by atoms with Crippen LogP contribution < -0.4 is 14.8 Å². The van der Waals surface area contributed by atoms with Gasteiger partial charge in [-0.2, -0.15) is 13.2 Å². The van der Waals surface area contributed by atoms with E-state index in [1.165, 1.54) is 52.5 Å². The molecule has 0 amide bonds. The Labute approximate surface area is 201 Å². The van der Waals surface area contributed by atoms with Crippen molar-refractivity contribution in [2.75, 3.05) is 40.0 Å². The van der Waals surface area contributed by atoms with Crippen LogP contribution in [-0.2, 0) is 23.7 Å². The van der Waals surface area contributed by atoms with Gasteiger partial charge in [0.1, 0.15) is 24.1 Å². The van der Waals surface area contributed by atoms with Crippen molar-refractivity contribution in [2.24, 2.45) is 0 Å². The van der Waals surface area contributed by atoms with Gasteiger partial charge < -0.3 is 33.7 Å². The number of hydrogen-bond acceptors (Lipinski definition) is 8. The van der Waals surface area contributed by atoms with E-state index in [2.05, 4.69) is 5.32 Å². The lowest BCUT2D eigenvalue weighted by Crippen LogP contribution is -2.30. The topological polar surface area (TPSA) is 84.5 Å². The largest absolute Gasteiger partial charge is 0.489 e. The van der Waals surface area contributed by atoms with Gasteiger partial charge >= 0.3 is 12.1 Å². The van der Waals surface area contributed by atoms with Crippen LogP contribution in [0.1, 0.15) is 47.6 Å². The number of benzene rings is 2. The number of rotatable bonds is 10. The predicted octanol–water partition coefficient (Wildman–Crippen LogP) is 4.98. The number of anilines is 1. The summed E-state index contributed by atoms with van der Waals surface area (Å²) >= 11 is 0. The Balaban J connectivity index is 2.04. The van der Waals surface area contributed by atoms with Crippen molar-refractivity contribution in [3.63, 3.8) is 0 Å². The molecule has 0 aliphatic carbocycles. The molecular formula is C24H28F3NO7. The average Bonchev–Trinajstić information content (AvgIpc) is 3.19. The molecule has 0 aromatic heterocycles. The van der Waals surface area contributed by atoms with Gasteiger partial charge in [0, 0.05) is 45.6 Å². The number of methoxy groups -OCH3 is 3. The molecule has 11 heteroatoms. The van der Waals surface area contributed by atoms with Crippen LogP contribution in [0, 0.1) is 6.92 Å². The molecular weight excluding hydrogens is 471 g/mol. The molecule has 1 aliphatic heterocycles. The summed E-state index contributed by atoms with van der Waals surface area (Å²) in [7, 11) is 4.06. The first-order valence-corrected chi connectivity index (χ1v) is 10.7. The second kappa shape index (κ2) is 11.1. The molecule has 2 aromatic carbocycles. The van der Waals surface area contributed by atoms with E-state index >= 15 is 0 Å². The van der Waals surface area contributed by atoms with Gasteiger partial charge in [0.2, 0.25) is 0 Å². The van der Waals surface area contributed by atoms with E-state index in [9.17, 15) is 18.0 Å². The van der Waals surface area contributed by atoms with Crippen molar-refractivity contribution in [1.29, 1.82) is 0 Å². The Morgan fingerprint density at radius 1 is 1.17 bits per heavy atom. The third-order valence-electron chi connectivity index (χ3n) is 5.42. The fourth-order valence-electron chi connectivity index (χ4n) is 3.93. The summed E-state index contributed by atoms with van der Waals surface area (Å²) in [6, 6.07) is 5.24. The van der Waals surface area contributed by atoms with E-state index in [0.717, 1.165) is 0 Å². The zero-order valence-corrected chi connectivity index (χ0v) is 20.0. The third kappa shape index (κ3) is 5.98. The van der Waals surface area contributed by atoms with Crippen LogP contribution in [0.3, 0.4) is 0 Å². The van der Waals surface area contributed by atoms with Gasteiger partial charge in [-0.25, -0.2) is 0 Å². The number of carbonyl (C=O) groups is 1. The molecule has 0 spiro atoms. The van der Waals surface area contributed by atoms with Crippen molar-refractivity contribution in [3.05, 3.63) is 52.6 Å². The molecule has 3 rings (SSSR count). The normalized spacial score (nSPS) is 16.0. The second-order valence-electron chi connectivity index (χ2n) is 7.85. The Bertz CT molecular complexity index is 1040. The first-order valence-electron chi connectivity index (χ1n) is 10.7. The molecule has 0 bridgehead atoms. The van der Waals surface area contributed by atoms with E-state index in [1.807, 2.05) is 0 Å². The Hall–Kier alpha value is -3.02. The van der Waals surface area contributed by atoms with E-state index in [1.54, 1.807) is 13.0 Å². The molecule has 2 atom stereocenters. The number of alkyl halides is 3. The standard InChI is InChI=1S/C24H28F3NO7/c1-13-6-8-17(20(23(31-4)32-5)21(13)34-12-30-3)22(24(25,26)27)28-15-7-9-16-18(10-15)33-11-19(16)35-14(2)29/h6-10,19,22-23,28H,11-12H2,1-5H3/t19-,22?/m1/s1. The lowest BCUT2D eigenvalue weighted by Gasteiger charge is -2.29. The molecule has 1 heterocycles. The first-order chi connectivity index (χ1) is 16.6. The molecule has 0 saturated heterocycles. The number of nitrogens with one attached hydrogen (secondary N) is 1. The molecule has 2 aromatic rings. The van der Waals surface area contributed by atoms with Gasteiger partial charge in [0.25, 0.3) is 0 Å². The van der Waals surface area contributed by atoms with Gasteiger partial charge in [0.15, 0.2) is 19.2 Å². The average molecular weight is 499 g/mol. The van der Waals surface area contributed by atoms with Crippen LogP contribution in [0.2, 0.25) is 0 Å². The van der Waals surface area contributed by atoms with Crippen molar-refractivity contribution >= 4 is 11.7 Å². The number of ether oxygens (including phenoxy) is 6. The zero-order chi connectivity index (χ0) is 25.8. The molecule has 0 fully saturated rings. The maximum atomic E-state index is 14.4. The van der Waals surface area contributed by atoms with Crippen LogP contribution in [0.25, 0.3) is 0 Å². The molecule has 1 aliphatic rings. The molecule has 1 unspecified atom stereocenters. The van der Waals surface area contributed by atoms with Gasteiger partial charge in [-0.3, -0.25) is 4.79 Å². The molecule has 1 N–H and O–H groups in total. The number of esters is 1. The number of halogens is 3. The van der Waals surface area contributed by atoms with Crippen molar-refractivity contribution < 1.29 is 46.4 Å². The Morgan fingerprint density at radius 2 is 1.89 bits per heavy atom. The highest BCUT2D eigenvalue weighted by Crippen LogP contribution is 2.45. The summed E-state index contributed by atoms with van der Waals surface area (Å²) < 4.78 is 75.2. The van der Waals surface area contributed by atoms with Crippen LogP contribution in [0.15, 0.2) is 30.3 Å². The van der Waals surface area contributed by atoms with Crippen LogP contribution in [0.5, 0.6) is 11.5 Å². The monoisotopic (exact) mass is 499 g/mol. The highest BCUT2D eigenvalue weighted by molar-refractivity contribution is 5.67. The second-order valence-corrected chi connectivity index (χ2v) is 7.85. The lowest BCUT2D eigenvalue weighted by molar-refractivity contribution is -0.147. The van der Waals surface area contributed by atoms with Crippen molar-refractivity contribution in [2.45, 2.75) is 38.5 Å². The fraction of sp³-hybridized carbons (Fsp3) is 0.458. The highest BCUT2D eigenvalue weighted by atomic mass is 19.4. The van der Waals surface area contributed by atoms with Gasteiger partial charge in [-0.1, -0.05) is 12.1 Å². The van der Waals surface area contributed by atoms with Crippen molar-refractivity contribution in [3.8, 4) is 11.5 Å². The summed E-state index contributed by atoms with van der Waals surface area (Å²) in [6.07, 6.45) is -6.44. The highest BCUT2D eigenvalue weighted by Gasteiger charge is 2.44. The Kier molecular flexibility index (Phi) is 8.47. The van der Waals surface area contributed by atoms with E-state index < -0.39 is 30.6 Å². The molecule has 0 radical (unpaired) electrons. The maximum absolute atomic E-state index is 14.4.